The van der Waals surface area contributed by atoms with Crippen molar-refractivity contribution in [3.63, 3.8) is 0 Å². The van der Waals surface area contributed by atoms with Crippen LogP contribution in [-0.4, -0.2) is 296 Å². The van der Waals surface area contributed by atoms with Crippen molar-refractivity contribution in [2.75, 3.05) is 131 Å². The monoisotopic (exact) mass is 1320 g/mol. The third kappa shape index (κ3) is 30.5. The van der Waals surface area contributed by atoms with Gasteiger partial charge in [0.05, 0.1) is 122 Å². The van der Waals surface area contributed by atoms with Gasteiger partial charge in [0.1, 0.15) is 42.5 Å². The number of likely N-dealkylation sites (tertiary alicyclic amines) is 2. The Morgan fingerprint density at radius 2 is 1.32 bits per heavy atom. The Morgan fingerprint density at radius 3 is 1.90 bits per heavy atom. The Morgan fingerprint density at radius 1 is 0.747 bits per heavy atom. The van der Waals surface area contributed by atoms with Crippen molar-refractivity contribution < 1.29 is 116 Å². The molecule has 0 aromatic carbocycles. The fourth-order valence-electron chi connectivity index (χ4n) is 8.39. The Kier molecular flexibility index (Phi) is 37.2. The summed E-state index contributed by atoms with van der Waals surface area (Å²) in [6.45, 7) is 1.81. The number of aromatic nitrogens is 1. The van der Waals surface area contributed by atoms with E-state index < -0.39 is 152 Å². The molecule has 2 saturated heterocycles. The molecule has 0 aliphatic carbocycles. The lowest BCUT2D eigenvalue weighted by atomic mass is 10.0. The van der Waals surface area contributed by atoms with Crippen LogP contribution in [0.1, 0.15) is 67.9 Å². The number of aliphatic hydroxyl groups is 5. The number of nitrogens with zero attached hydrogens (tertiary/aromatic N) is 4. The van der Waals surface area contributed by atoms with Crippen molar-refractivity contribution >= 4 is 70.9 Å². The predicted octanol–water partition coefficient (Wildman–Crippen LogP) is -5.57. The molecule has 36 heteroatoms. The van der Waals surface area contributed by atoms with Gasteiger partial charge < -0.3 is 101 Å². The smallest absolute Gasteiger partial charge is 0.327 e. The molecule has 33 nitrogen and oxygen atoms in total. The number of nitriles is 1. The van der Waals surface area contributed by atoms with E-state index in [1.54, 1.807) is 13.1 Å². The lowest BCUT2D eigenvalue weighted by Crippen LogP contribution is -2.53. The average molecular weight is 1320 g/mol. The van der Waals surface area contributed by atoms with E-state index in [-0.39, 0.29) is 142 Å². The summed E-state index contributed by atoms with van der Waals surface area (Å²) in [5.41, 5.74) is 0.388. The van der Waals surface area contributed by atoms with Gasteiger partial charge in [0.25, 0.3) is 11.8 Å². The molecule has 1 aromatic heterocycles. The summed E-state index contributed by atoms with van der Waals surface area (Å²) < 4.78 is 60.4. The van der Waals surface area contributed by atoms with E-state index in [4.69, 9.17) is 33.5 Å². The van der Waals surface area contributed by atoms with E-state index >= 15 is 0 Å². The van der Waals surface area contributed by atoms with Crippen molar-refractivity contribution in [2.45, 2.75) is 118 Å². The van der Waals surface area contributed by atoms with Crippen LogP contribution in [0.2, 0.25) is 0 Å². The molecule has 9 atom stereocenters. The van der Waals surface area contributed by atoms with Gasteiger partial charge in [0.2, 0.25) is 47.3 Å². The number of carbonyl (C=O) groups excluding carboxylic acids is 9. The summed E-state index contributed by atoms with van der Waals surface area (Å²) in [5, 5.41) is 84.3. The average Bonchev–Trinajstić information content (AvgIpc) is 1.84. The zero-order valence-corrected chi connectivity index (χ0v) is 51.5. The Labute approximate surface area is 527 Å². The second-order valence-electron chi connectivity index (χ2n) is 20.6. The number of imide groups is 1. The summed E-state index contributed by atoms with van der Waals surface area (Å²) in [4.78, 5) is 133. The normalized spacial score (nSPS) is 17.6. The van der Waals surface area contributed by atoms with E-state index in [2.05, 4.69) is 42.2 Å². The lowest BCUT2D eigenvalue weighted by Gasteiger charge is -2.26. The van der Waals surface area contributed by atoms with Crippen molar-refractivity contribution in [1.29, 1.82) is 5.26 Å². The maximum Gasteiger partial charge on any atom is 0.327 e. The first kappa shape index (κ1) is 78.5. The molecule has 2 fully saturated rings. The maximum absolute atomic E-state index is 13.8. The third-order valence-electron chi connectivity index (χ3n) is 13.5. The number of alkyl halides is 2. The highest BCUT2D eigenvalue weighted by molar-refractivity contribution is 8.00. The number of nitrogens with one attached hydrogen (secondary N) is 7. The van der Waals surface area contributed by atoms with Crippen molar-refractivity contribution in [3.05, 3.63) is 29.6 Å². The van der Waals surface area contributed by atoms with Crippen LogP contribution in [-0.2, 0) is 78.1 Å². The Bertz CT molecular complexity index is 2550. The number of pyridine rings is 1. The predicted molar refractivity (Wildman–Crippen MR) is 312 cm³/mol. The second kappa shape index (κ2) is 43.2. The van der Waals surface area contributed by atoms with E-state index in [1.807, 2.05) is 0 Å². The maximum atomic E-state index is 13.8. The minimum atomic E-state index is -3.21. The molecule has 512 valence electrons. The molecule has 0 saturated carbocycles. The molecule has 2 aliphatic heterocycles. The molecule has 1 aromatic rings. The van der Waals surface area contributed by atoms with Gasteiger partial charge >= 0.3 is 5.97 Å². The van der Waals surface area contributed by atoms with Crippen LogP contribution < -0.4 is 37.2 Å². The molecule has 2 aliphatic rings. The number of carboxylic acids is 1. The molecule has 0 radical (unpaired) electrons. The number of thioether (sulfide) groups is 1. The molecule has 3 rings (SSSR count). The number of rotatable bonds is 48. The minimum Gasteiger partial charge on any atom is -0.480 e. The third-order valence-corrected chi connectivity index (χ3v) is 14.8. The van der Waals surface area contributed by atoms with Gasteiger partial charge in [-0.25, -0.2) is 13.6 Å². The Hall–Kier alpha value is -6.73. The van der Waals surface area contributed by atoms with Gasteiger partial charge in [-0.3, -0.25) is 53.0 Å². The number of aliphatic hydroxyl groups excluding tert-OH is 5. The van der Waals surface area contributed by atoms with Crippen LogP contribution in [0.4, 0.5) is 8.78 Å². The molecular formula is C55H85F2N11O22S. The molecule has 0 bridgehead atoms. The quantitative estimate of drug-likeness (QED) is 0.0214. The number of amides is 9. The van der Waals surface area contributed by atoms with Crippen LogP contribution in [0.3, 0.4) is 0 Å². The van der Waals surface area contributed by atoms with E-state index in [0.29, 0.717) is 12.2 Å². The second-order valence-corrected chi connectivity index (χ2v) is 21.9. The van der Waals surface area contributed by atoms with Crippen LogP contribution >= 0.6 is 11.8 Å². The van der Waals surface area contributed by atoms with Crippen LogP contribution in [0.15, 0.2) is 18.3 Å². The van der Waals surface area contributed by atoms with Crippen molar-refractivity contribution in [1.82, 2.24) is 52.0 Å². The standard InChI is InChI=1S/C55H85F2N11O22S/c1-34(52(81)68-33-55(56,57)27-37(68)28-58)64-50(79)35-7-9-60-36(25-35)29-62-45(74)6-5-43(72)61-11-14-86-16-18-88-20-22-90-24-23-89-21-19-87-17-15-85-13-8-46(75)65-38(3-4-44(73)63-30-40(70)48(77)49(78)41(71)31-69)51(80)66-39(54(83)84)32-91-42-26-47(76)67(53(42)82)12-10-59-2/h7,9,25,34,37-42,48-49,59,69-71,77-78H,3-6,8,10-24,26-27,29-33H2,1-2H3,(H,61,72)(H,62,74)(H,63,73)(H,64,79)(H,65,75)(H,66,80)(H,83,84)/t34-,37+,38-,39-,40+,41-,42?,48-,49-/m1/s1. The number of carbonyl (C=O) groups is 10. The van der Waals surface area contributed by atoms with Gasteiger partial charge in [-0.05, 0) is 32.5 Å². The summed E-state index contributed by atoms with van der Waals surface area (Å²) in [6.07, 6.45) is -8.50. The molecule has 3 heterocycles. The Balaban J connectivity index is 1.20. The summed E-state index contributed by atoms with van der Waals surface area (Å²) >= 11 is 0.861. The number of likely N-dealkylation sites (N-methyl/N-ethyl adjacent to an activating group) is 1. The van der Waals surface area contributed by atoms with E-state index in [9.17, 15) is 87.5 Å². The highest BCUT2D eigenvalue weighted by atomic mass is 32.2. The number of hydrogen-bond acceptors (Lipinski definition) is 25. The fraction of sp³-hybridized carbons (Fsp3) is 0.709. The van der Waals surface area contributed by atoms with Crippen LogP contribution in [0.25, 0.3) is 0 Å². The molecule has 91 heavy (non-hydrogen) atoms. The molecule has 13 N–H and O–H groups in total. The molecular weight excluding hydrogens is 1240 g/mol. The lowest BCUT2D eigenvalue weighted by molar-refractivity contribution is -0.142. The van der Waals surface area contributed by atoms with Gasteiger partial charge in [-0.15, -0.1) is 11.8 Å². The highest BCUT2D eigenvalue weighted by Gasteiger charge is 2.48. The van der Waals surface area contributed by atoms with Gasteiger partial charge in [0, 0.05) is 82.2 Å². The molecule has 0 spiro atoms. The minimum absolute atomic E-state index is 0.0736. The number of aliphatic carboxylic acids is 1. The number of ether oxygens (including phenoxy) is 6. The topological polar surface area (TPSA) is 475 Å². The zero-order chi connectivity index (χ0) is 67.3. The van der Waals surface area contributed by atoms with Gasteiger partial charge in [-0.2, -0.15) is 5.26 Å². The number of hydrogen-bond donors (Lipinski definition) is 13. The van der Waals surface area contributed by atoms with Crippen LogP contribution in [0, 0.1) is 11.3 Å². The van der Waals surface area contributed by atoms with Crippen molar-refractivity contribution in [2.24, 2.45) is 0 Å². The summed E-state index contributed by atoms with van der Waals surface area (Å²) in [5.74, 6) is -10.8. The SMILES string of the molecule is CNCCN1C(=O)CC(SC[C@@H](NC(=O)[C@@H](CCC(=O)NC[C@H](O)[C@@H](O)[C@H](O)[C@H](O)CO)NC(=O)CCOCCOCCOCCOCCOCCOCCNC(=O)CCC(=O)NCc2cc(C(=O)N[C@H](C)C(=O)N3CC(F)(F)C[C@H]3C#N)ccn2)C(=O)O)C1=O. The zero-order valence-electron chi connectivity index (χ0n) is 50.7. The molecule has 1 unspecified atom stereocenters. The molecule has 9 amide bonds. The number of carboxylic acid groups (broad SMARTS) is 1. The summed E-state index contributed by atoms with van der Waals surface area (Å²) in [7, 11) is 1.64. The fourth-order valence-corrected chi connectivity index (χ4v) is 9.58. The first-order valence-electron chi connectivity index (χ1n) is 29.3. The van der Waals surface area contributed by atoms with E-state index in [1.165, 1.54) is 25.3 Å². The van der Waals surface area contributed by atoms with Gasteiger partial charge in [0.15, 0.2) is 0 Å². The first-order valence-corrected chi connectivity index (χ1v) is 30.3. The number of halogens is 2. The van der Waals surface area contributed by atoms with Crippen molar-refractivity contribution in [3.8, 4) is 6.07 Å². The van der Waals surface area contributed by atoms with E-state index in [0.717, 1.165) is 21.6 Å². The van der Waals surface area contributed by atoms with Crippen LogP contribution in [0.5, 0.6) is 0 Å². The largest absolute Gasteiger partial charge is 0.480 e. The summed E-state index contributed by atoms with van der Waals surface area (Å²) in [6, 6.07) is -1.16. The first-order chi connectivity index (χ1) is 43.4. The van der Waals surface area contributed by atoms with Gasteiger partial charge in [-0.1, -0.05) is 0 Å². The highest BCUT2D eigenvalue weighted by Crippen LogP contribution is 2.32.